The summed E-state index contributed by atoms with van der Waals surface area (Å²) >= 11 is 0. The first-order valence-corrected chi connectivity index (χ1v) is 14.9. The molecule has 208 valence electrons. The van der Waals surface area contributed by atoms with Gasteiger partial charge in [0.2, 0.25) is 5.91 Å². The molecule has 2 aromatic carbocycles. The first kappa shape index (κ1) is 25.4. The number of nitrogens with zero attached hydrogens (tertiary/aromatic N) is 2. The van der Waals surface area contributed by atoms with Crippen LogP contribution in [-0.4, -0.2) is 69.8 Å². The van der Waals surface area contributed by atoms with E-state index in [0.717, 1.165) is 37.4 Å². The van der Waals surface area contributed by atoms with E-state index in [2.05, 4.69) is 43.9 Å². The monoisotopic (exact) mass is 530 g/mol. The summed E-state index contributed by atoms with van der Waals surface area (Å²) in [5, 5.41) is 23.7. The molecule has 2 heterocycles. The molecule has 7 rings (SSSR count). The number of hydrogen-bond donors (Lipinski definition) is 2. The van der Waals surface area contributed by atoms with E-state index in [4.69, 9.17) is 4.74 Å². The second-order valence-electron chi connectivity index (χ2n) is 13.4. The number of ether oxygens (including phenoxy) is 1. The van der Waals surface area contributed by atoms with E-state index < -0.39 is 11.0 Å². The van der Waals surface area contributed by atoms with Crippen LogP contribution in [0.3, 0.4) is 0 Å². The van der Waals surface area contributed by atoms with Crippen molar-refractivity contribution in [2.24, 2.45) is 11.8 Å². The highest BCUT2D eigenvalue weighted by Crippen LogP contribution is 2.66. The van der Waals surface area contributed by atoms with Crippen molar-refractivity contribution in [3.05, 3.63) is 58.1 Å². The summed E-state index contributed by atoms with van der Waals surface area (Å²) in [4.78, 5) is 18.2. The van der Waals surface area contributed by atoms with Crippen LogP contribution in [0.2, 0.25) is 0 Å². The summed E-state index contributed by atoms with van der Waals surface area (Å²) in [6, 6.07) is 10.1. The van der Waals surface area contributed by atoms with Crippen LogP contribution in [0, 0.1) is 25.7 Å². The number of hydrogen-bond acceptors (Lipinski definition) is 5. The number of carbonyl (C=O) groups is 1. The van der Waals surface area contributed by atoms with E-state index in [0.29, 0.717) is 25.0 Å². The molecule has 2 N–H and O–H groups in total. The molecule has 1 saturated heterocycles. The van der Waals surface area contributed by atoms with Gasteiger partial charge in [0.15, 0.2) is 11.5 Å². The van der Waals surface area contributed by atoms with E-state index in [9.17, 15) is 15.0 Å². The lowest BCUT2D eigenvalue weighted by molar-refractivity contribution is -0.212. The van der Waals surface area contributed by atoms with Gasteiger partial charge in [-0.3, -0.25) is 9.69 Å². The van der Waals surface area contributed by atoms with Crippen LogP contribution in [0.1, 0.15) is 66.8 Å². The number of likely N-dealkylation sites (tertiary alicyclic amines) is 1. The van der Waals surface area contributed by atoms with Crippen molar-refractivity contribution in [1.29, 1.82) is 0 Å². The summed E-state index contributed by atoms with van der Waals surface area (Å²) in [6.07, 6.45) is 5.55. The van der Waals surface area contributed by atoms with E-state index in [1.807, 2.05) is 18.0 Å². The standard InChI is InChI=1S/C33H42N2O4/c1-19-5-6-22(15-20(19)2)9-12-27(37)34(4)29-21(3)17-33(38)26-16-24-10-11-25(36)30-28(24)32(33,31(29)39-30)13-14-35(26)18-23-7-8-23/h5-6,10-11,15,21,23,26,29,31,36,38H,7-9,12-14,16-18H2,1-4H3/t21?,26-,29?,31?,32+,33-/m1/s1. The minimum absolute atomic E-state index is 0.0372. The molecular weight excluding hydrogens is 488 g/mol. The van der Waals surface area contributed by atoms with Crippen molar-refractivity contribution in [3.63, 3.8) is 0 Å². The molecule has 2 bridgehead atoms. The second kappa shape index (κ2) is 8.71. The predicted octanol–water partition coefficient (Wildman–Crippen LogP) is 4.28. The van der Waals surface area contributed by atoms with Crippen molar-refractivity contribution in [2.75, 3.05) is 20.1 Å². The molecule has 2 aromatic rings. The predicted molar refractivity (Wildman–Crippen MR) is 150 cm³/mol. The number of rotatable bonds is 6. The zero-order valence-electron chi connectivity index (χ0n) is 23.7. The number of phenols is 1. The van der Waals surface area contributed by atoms with Crippen LogP contribution in [0.15, 0.2) is 30.3 Å². The summed E-state index contributed by atoms with van der Waals surface area (Å²) in [6.45, 7) is 8.37. The largest absolute Gasteiger partial charge is 0.504 e. The highest BCUT2D eigenvalue weighted by atomic mass is 16.5. The van der Waals surface area contributed by atoms with Crippen LogP contribution >= 0.6 is 0 Å². The summed E-state index contributed by atoms with van der Waals surface area (Å²) in [5.41, 5.74) is 4.35. The van der Waals surface area contributed by atoms with Gasteiger partial charge in [-0.1, -0.05) is 31.2 Å². The first-order valence-electron chi connectivity index (χ1n) is 14.9. The average Bonchev–Trinajstić information content (AvgIpc) is 3.64. The van der Waals surface area contributed by atoms with Crippen LogP contribution in [-0.2, 0) is 23.1 Å². The van der Waals surface area contributed by atoms with E-state index in [-0.39, 0.29) is 35.8 Å². The van der Waals surface area contributed by atoms with Gasteiger partial charge in [0.05, 0.1) is 17.1 Å². The molecule has 3 fully saturated rings. The minimum atomic E-state index is -0.948. The molecular formula is C33H42N2O4. The Morgan fingerprint density at radius 1 is 1.18 bits per heavy atom. The maximum atomic E-state index is 13.7. The summed E-state index contributed by atoms with van der Waals surface area (Å²) < 4.78 is 6.73. The van der Waals surface area contributed by atoms with Gasteiger partial charge in [-0.05, 0) is 99.1 Å². The third-order valence-electron chi connectivity index (χ3n) is 11.1. The maximum Gasteiger partial charge on any atom is 0.223 e. The number of piperidine rings is 1. The lowest BCUT2D eigenvalue weighted by Gasteiger charge is -2.66. The lowest BCUT2D eigenvalue weighted by atomic mass is 9.46. The molecule has 1 amide bonds. The van der Waals surface area contributed by atoms with Crippen molar-refractivity contribution in [2.45, 2.75) is 94.9 Å². The molecule has 2 saturated carbocycles. The topological polar surface area (TPSA) is 73.2 Å². The van der Waals surface area contributed by atoms with Gasteiger partial charge in [-0.25, -0.2) is 0 Å². The smallest absolute Gasteiger partial charge is 0.223 e. The quantitative estimate of drug-likeness (QED) is 0.583. The Kier molecular flexibility index (Phi) is 5.67. The van der Waals surface area contributed by atoms with Crippen LogP contribution in [0.5, 0.6) is 11.5 Å². The number of aliphatic hydroxyl groups is 1. The van der Waals surface area contributed by atoms with Gasteiger partial charge >= 0.3 is 0 Å². The fraction of sp³-hybridized carbons (Fsp3) is 0.606. The van der Waals surface area contributed by atoms with Crippen LogP contribution in [0.25, 0.3) is 0 Å². The Labute approximate surface area is 232 Å². The molecule has 0 radical (unpaired) electrons. The Morgan fingerprint density at radius 2 is 1.97 bits per heavy atom. The highest BCUT2D eigenvalue weighted by molar-refractivity contribution is 5.77. The van der Waals surface area contributed by atoms with Crippen LogP contribution < -0.4 is 4.74 Å². The summed E-state index contributed by atoms with van der Waals surface area (Å²) in [5.74, 6) is 1.61. The average molecular weight is 531 g/mol. The first-order chi connectivity index (χ1) is 18.6. The Bertz CT molecular complexity index is 1340. The third kappa shape index (κ3) is 3.56. The van der Waals surface area contributed by atoms with E-state index in [1.54, 1.807) is 6.07 Å². The molecule has 1 spiro atoms. The fourth-order valence-corrected chi connectivity index (χ4v) is 8.87. The van der Waals surface area contributed by atoms with Crippen molar-refractivity contribution in [3.8, 4) is 11.5 Å². The minimum Gasteiger partial charge on any atom is -0.504 e. The molecule has 6 heteroatoms. The molecule has 3 aliphatic carbocycles. The number of phenolic OH excluding ortho intramolecular Hbond substituents is 1. The van der Waals surface area contributed by atoms with Gasteiger partial charge in [0.25, 0.3) is 0 Å². The molecule has 2 aliphatic heterocycles. The van der Waals surface area contributed by atoms with Gasteiger partial charge in [-0.2, -0.15) is 0 Å². The van der Waals surface area contributed by atoms with Crippen molar-refractivity contribution >= 4 is 5.91 Å². The Balaban J connectivity index is 1.22. The van der Waals surface area contributed by atoms with Gasteiger partial charge < -0.3 is 19.8 Å². The zero-order valence-corrected chi connectivity index (χ0v) is 23.7. The zero-order chi connectivity index (χ0) is 27.3. The van der Waals surface area contributed by atoms with Gasteiger partial charge in [0.1, 0.15) is 6.10 Å². The van der Waals surface area contributed by atoms with Gasteiger partial charge in [0, 0.05) is 31.6 Å². The Hall–Kier alpha value is -2.57. The number of carbonyl (C=O) groups excluding carboxylic acids is 1. The van der Waals surface area contributed by atoms with Crippen molar-refractivity contribution in [1.82, 2.24) is 9.80 Å². The van der Waals surface area contributed by atoms with Crippen molar-refractivity contribution < 1.29 is 19.7 Å². The molecule has 3 unspecified atom stereocenters. The number of benzene rings is 2. The fourth-order valence-electron chi connectivity index (χ4n) is 8.87. The van der Waals surface area contributed by atoms with Gasteiger partial charge in [-0.15, -0.1) is 0 Å². The highest BCUT2D eigenvalue weighted by Gasteiger charge is 2.74. The molecule has 39 heavy (non-hydrogen) atoms. The second-order valence-corrected chi connectivity index (χ2v) is 13.4. The number of aryl methyl sites for hydroxylation is 3. The number of aromatic hydroxyl groups is 1. The molecule has 5 aliphatic rings. The molecule has 6 nitrogen and oxygen atoms in total. The maximum absolute atomic E-state index is 13.7. The normalized spacial score (nSPS) is 34.4. The lowest BCUT2D eigenvalue weighted by Crippen LogP contribution is -2.79. The SMILES string of the molecule is Cc1ccc(CCC(=O)N(C)C2C(C)C[C@@]3(O)[C@H]4Cc5ccc(O)c6c5[C@@]3(CCN4CC3CC3)C2O6)cc1C. The number of amides is 1. The molecule has 0 aromatic heterocycles. The van der Waals surface area contributed by atoms with E-state index >= 15 is 0 Å². The van der Waals surface area contributed by atoms with E-state index in [1.165, 1.54) is 35.1 Å². The third-order valence-corrected chi connectivity index (χ3v) is 11.1. The molecule has 6 atom stereocenters. The Morgan fingerprint density at radius 3 is 2.72 bits per heavy atom. The number of likely N-dealkylation sites (N-methyl/N-ethyl adjacent to an activating group) is 1. The van der Waals surface area contributed by atoms with Crippen LogP contribution in [0.4, 0.5) is 0 Å². The summed E-state index contributed by atoms with van der Waals surface area (Å²) in [7, 11) is 1.92.